The summed E-state index contributed by atoms with van der Waals surface area (Å²) in [6.07, 6.45) is 4.19. The Hall–Kier alpha value is -3.34. The van der Waals surface area contributed by atoms with E-state index >= 15 is 0 Å². The first-order valence-corrected chi connectivity index (χ1v) is 11.2. The standard InChI is InChI=1S/C27H30N2O3/c1-6-28-22-13-24-20(11-16(22)4)26(18-9-8-15(3)10-19(18)27(30)31)21-12-17(5)23(29-7-2)14-25(21)32-24/h8-14,20,26,29H,6-7H2,1-5H3,(H,30,31)/b28-22-. The van der Waals surface area contributed by atoms with Gasteiger partial charge >= 0.3 is 5.97 Å². The maximum atomic E-state index is 12.2. The highest BCUT2D eigenvalue weighted by atomic mass is 16.5. The van der Waals surface area contributed by atoms with Crippen LogP contribution in [0.1, 0.15) is 59.3 Å². The van der Waals surface area contributed by atoms with Crippen molar-refractivity contribution in [2.24, 2.45) is 10.9 Å². The molecule has 2 aromatic rings. The Kier molecular flexibility index (Phi) is 5.92. The molecular weight excluding hydrogens is 400 g/mol. The van der Waals surface area contributed by atoms with E-state index in [1.807, 2.05) is 38.1 Å². The highest BCUT2D eigenvalue weighted by molar-refractivity contribution is 6.09. The monoisotopic (exact) mass is 430 g/mol. The van der Waals surface area contributed by atoms with Crippen molar-refractivity contribution in [3.05, 3.63) is 81.6 Å². The molecule has 5 nitrogen and oxygen atoms in total. The maximum absolute atomic E-state index is 12.2. The largest absolute Gasteiger partial charge is 0.478 e. The minimum atomic E-state index is -0.909. The van der Waals surface area contributed by atoms with Gasteiger partial charge in [-0.1, -0.05) is 23.8 Å². The molecule has 0 fully saturated rings. The van der Waals surface area contributed by atoms with Gasteiger partial charge in [-0.3, -0.25) is 4.99 Å². The Balaban J connectivity index is 1.98. The SMILES string of the molecule is CC/N=C1/C=C2Oc3cc(NCC)c(C)cc3C(c3ccc(C)cc3C(=O)O)C2C=C1C. The second kappa shape index (κ2) is 8.65. The Morgan fingerprint density at radius 2 is 1.91 bits per heavy atom. The molecule has 1 heterocycles. The van der Waals surface area contributed by atoms with Crippen molar-refractivity contribution in [2.45, 2.75) is 40.5 Å². The highest BCUT2D eigenvalue weighted by Gasteiger charge is 2.39. The van der Waals surface area contributed by atoms with E-state index in [2.05, 4.69) is 43.2 Å². The van der Waals surface area contributed by atoms with Gasteiger partial charge in [0, 0.05) is 48.3 Å². The molecule has 2 aromatic carbocycles. The van der Waals surface area contributed by atoms with E-state index in [-0.39, 0.29) is 11.8 Å². The molecule has 2 atom stereocenters. The summed E-state index contributed by atoms with van der Waals surface area (Å²) >= 11 is 0. The predicted octanol–water partition coefficient (Wildman–Crippen LogP) is 5.88. The lowest BCUT2D eigenvalue weighted by atomic mass is 9.73. The van der Waals surface area contributed by atoms with Gasteiger partial charge in [0.15, 0.2) is 0 Å². The number of hydrogen-bond acceptors (Lipinski definition) is 4. The predicted molar refractivity (Wildman–Crippen MR) is 129 cm³/mol. The van der Waals surface area contributed by atoms with Crippen LogP contribution >= 0.6 is 0 Å². The lowest BCUT2D eigenvalue weighted by Gasteiger charge is -2.37. The number of allylic oxidation sites excluding steroid dienone is 3. The van der Waals surface area contributed by atoms with Gasteiger partial charge in [0.2, 0.25) is 0 Å². The zero-order chi connectivity index (χ0) is 23.0. The molecule has 2 N–H and O–H groups in total. The van der Waals surface area contributed by atoms with E-state index in [1.54, 1.807) is 6.07 Å². The van der Waals surface area contributed by atoms with Gasteiger partial charge in [-0.25, -0.2) is 4.79 Å². The number of aromatic carboxylic acids is 1. The molecule has 0 aromatic heterocycles. The molecule has 1 aliphatic heterocycles. The van der Waals surface area contributed by atoms with Crippen molar-refractivity contribution < 1.29 is 14.6 Å². The van der Waals surface area contributed by atoms with Crippen molar-refractivity contribution >= 4 is 17.4 Å². The molecule has 166 valence electrons. The lowest BCUT2D eigenvalue weighted by Crippen LogP contribution is -2.29. The lowest BCUT2D eigenvalue weighted by molar-refractivity contribution is 0.0694. The Bertz CT molecular complexity index is 1170. The first kappa shape index (κ1) is 21.9. The molecular formula is C27H30N2O3. The minimum absolute atomic E-state index is 0.0940. The fraction of sp³-hybridized carbons (Fsp3) is 0.333. The summed E-state index contributed by atoms with van der Waals surface area (Å²) in [6.45, 7) is 11.6. The van der Waals surface area contributed by atoms with Crippen molar-refractivity contribution in [3.8, 4) is 5.75 Å². The normalized spacial score (nSPS) is 20.6. The zero-order valence-electron chi connectivity index (χ0n) is 19.3. The number of carboxylic acid groups (broad SMARTS) is 1. The second-order valence-electron chi connectivity index (χ2n) is 8.49. The van der Waals surface area contributed by atoms with Crippen LogP contribution in [0.5, 0.6) is 5.75 Å². The number of aryl methyl sites for hydroxylation is 2. The summed E-state index contributed by atoms with van der Waals surface area (Å²) in [5.41, 5.74) is 7.23. The zero-order valence-corrected chi connectivity index (χ0v) is 19.3. The number of benzene rings is 2. The van der Waals surface area contributed by atoms with Gasteiger partial charge < -0.3 is 15.2 Å². The van der Waals surface area contributed by atoms with Crippen LogP contribution in [-0.4, -0.2) is 29.9 Å². The molecule has 0 saturated heterocycles. The highest BCUT2D eigenvalue weighted by Crippen LogP contribution is 2.50. The molecule has 0 amide bonds. The topological polar surface area (TPSA) is 70.9 Å². The summed E-state index contributed by atoms with van der Waals surface area (Å²) in [4.78, 5) is 16.8. The Morgan fingerprint density at radius 1 is 1.12 bits per heavy atom. The van der Waals surface area contributed by atoms with Crippen LogP contribution in [0.2, 0.25) is 0 Å². The molecule has 2 aliphatic rings. The number of rotatable bonds is 5. The molecule has 1 aliphatic carbocycles. The number of ether oxygens (including phenoxy) is 1. The van der Waals surface area contributed by atoms with Crippen LogP contribution in [0.3, 0.4) is 0 Å². The summed E-state index contributed by atoms with van der Waals surface area (Å²) < 4.78 is 6.43. The number of nitrogens with zero attached hydrogens (tertiary/aromatic N) is 1. The first-order chi connectivity index (χ1) is 15.3. The molecule has 0 saturated carbocycles. The van der Waals surface area contributed by atoms with Crippen molar-refractivity contribution in [2.75, 3.05) is 18.4 Å². The summed E-state index contributed by atoms with van der Waals surface area (Å²) in [7, 11) is 0. The van der Waals surface area contributed by atoms with Gasteiger partial charge in [-0.15, -0.1) is 0 Å². The van der Waals surface area contributed by atoms with Gasteiger partial charge in [0.05, 0.1) is 11.3 Å². The van der Waals surface area contributed by atoms with E-state index in [0.29, 0.717) is 12.1 Å². The Labute approximate surface area is 189 Å². The second-order valence-corrected chi connectivity index (χ2v) is 8.49. The van der Waals surface area contributed by atoms with E-state index in [4.69, 9.17) is 4.74 Å². The average molecular weight is 431 g/mol. The number of carboxylic acids is 1. The quantitative estimate of drug-likeness (QED) is 0.621. The van der Waals surface area contributed by atoms with Crippen LogP contribution in [-0.2, 0) is 0 Å². The number of fused-ring (bicyclic) bond motifs is 2. The number of nitrogens with one attached hydrogen (secondary N) is 1. The van der Waals surface area contributed by atoms with Crippen LogP contribution < -0.4 is 10.1 Å². The number of anilines is 1. The third-order valence-corrected chi connectivity index (χ3v) is 6.19. The van der Waals surface area contributed by atoms with Crippen molar-refractivity contribution in [1.82, 2.24) is 0 Å². The fourth-order valence-corrected chi connectivity index (χ4v) is 4.71. The van der Waals surface area contributed by atoms with Gasteiger partial charge in [-0.05, 0) is 63.5 Å². The third-order valence-electron chi connectivity index (χ3n) is 6.19. The van der Waals surface area contributed by atoms with Gasteiger partial charge in [0.1, 0.15) is 11.5 Å². The van der Waals surface area contributed by atoms with Gasteiger partial charge in [-0.2, -0.15) is 0 Å². The number of aliphatic imine (C=N–C) groups is 1. The molecule has 0 radical (unpaired) electrons. The van der Waals surface area contributed by atoms with Crippen LogP contribution in [0, 0.1) is 19.8 Å². The number of carbonyl (C=O) groups is 1. The van der Waals surface area contributed by atoms with Crippen LogP contribution in [0.4, 0.5) is 5.69 Å². The molecule has 2 unspecified atom stereocenters. The smallest absolute Gasteiger partial charge is 0.335 e. The molecule has 32 heavy (non-hydrogen) atoms. The first-order valence-electron chi connectivity index (χ1n) is 11.2. The van der Waals surface area contributed by atoms with E-state index in [0.717, 1.165) is 57.3 Å². The molecule has 0 spiro atoms. The van der Waals surface area contributed by atoms with Crippen LogP contribution in [0.25, 0.3) is 0 Å². The average Bonchev–Trinajstić information content (AvgIpc) is 2.74. The maximum Gasteiger partial charge on any atom is 0.335 e. The fourth-order valence-electron chi connectivity index (χ4n) is 4.71. The van der Waals surface area contributed by atoms with E-state index in [1.165, 1.54) is 0 Å². The van der Waals surface area contributed by atoms with Crippen molar-refractivity contribution in [3.63, 3.8) is 0 Å². The summed E-state index contributed by atoms with van der Waals surface area (Å²) in [6, 6.07) is 9.89. The molecule has 0 bridgehead atoms. The van der Waals surface area contributed by atoms with E-state index in [9.17, 15) is 9.90 Å². The van der Waals surface area contributed by atoms with Crippen molar-refractivity contribution in [1.29, 1.82) is 0 Å². The van der Waals surface area contributed by atoms with Gasteiger partial charge in [0.25, 0.3) is 0 Å². The van der Waals surface area contributed by atoms with Crippen LogP contribution in [0.15, 0.2) is 58.8 Å². The molecule has 5 heteroatoms. The Morgan fingerprint density at radius 3 is 2.59 bits per heavy atom. The summed E-state index contributed by atoms with van der Waals surface area (Å²) in [5, 5.41) is 13.4. The minimum Gasteiger partial charge on any atom is -0.478 e. The third kappa shape index (κ3) is 3.83. The number of hydrogen-bond donors (Lipinski definition) is 2. The van der Waals surface area contributed by atoms with E-state index < -0.39 is 5.97 Å². The summed E-state index contributed by atoms with van der Waals surface area (Å²) in [5.74, 6) is 0.406. The molecule has 4 rings (SSSR count).